The second-order valence-corrected chi connectivity index (χ2v) is 5.03. The molecule has 1 amide bonds. The average molecular weight is 275 g/mol. The van der Waals surface area contributed by atoms with Gasteiger partial charge in [0.15, 0.2) is 6.61 Å². The molecule has 0 spiro atoms. The maximum absolute atomic E-state index is 11.8. The number of aryl methyl sites for hydroxylation is 1. The average Bonchev–Trinajstić information content (AvgIpc) is 3.06. The van der Waals surface area contributed by atoms with Crippen LogP contribution in [0.25, 0.3) is 0 Å². The normalized spacial score (nSPS) is 16.4. The van der Waals surface area contributed by atoms with E-state index in [4.69, 9.17) is 10.00 Å². The number of ether oxygens (including phenoxy) is 1. The molecule has 0 unspecified atom stereocenters. The van der Waals surface area contributed by atoms with Gasteiger partial charge in [0.1, 0.15) is 11.2 Å². The minimum absolute atomic E-state index is 0.368. The fourth-order valence-electron chi connectivity index (χ4n) is 2.42. The molecule has 1 fully saturated rings. The Labute approximate surface area is 117 Å². The lowest BCUT2D eigenvalue weighted by atomic mass is 10.00. The lowest BCUT2D eigenvalue weighted by Gasteiger charge is -2.21. The molecule has 6 heteroatoms. The molecule has 1 aliphatic rings. The Hall–Kier alpha value is -2.29. The van der Waals surface area contributed by atoms with E-state index in [1.165, 1.54) is 0 Å². The van der Waals surface area contributed by atoms with Crippen LogP contribution in [0, 0.1) is 11.3 Å². The van der Waals surface area contributed by atoms with Crippen LogP contribution in [0.15, 0.2) is 18.3 Å². The number of rotatable bonds is 4. The number of nitrogens with zero attached hydrogens (tertiary/aromatic N) is 2. The summed E-state index contributed by atoms with van der Waals surface area (Å²) in [5.41, 5.74) is -0.400. The molecule has 1 N–H and O–H groups in total. The molecule has 0 bridgehead atoms. The van der Waals surface area contributed by atoms with Crippen LogP contribution in [-0.4, -0.2) is 28.6 Å². The molecular weight excluding hydrogens is 258 g/mol. The SMILES string of the molecule is Cn1cccc1C(=O)OCC(=O)NC1(C#N)CCCC1. The molecule has 2 rings (SSSR count). The Balaban J connectivity index is 1.85. The van der Waals surface area contributed by atoms with Gasteiger partial charge in [0.2, 0.25) is 0 Å². The van der Waals surface area contributed by atoms with E-state index >= 15 is 0 Å². The Morgan fingerprint density at radius 1 is 1.50 bits per heavy atom. The van der Waals surface area contributed by atoms with Gasteiger partial charge in [-0.1, -0.05) is 0 Å². The van der Waals surface area contributed by atoms with Gasteiger partial charge in [-0.05, 0) is 37.8 Å². The van der Waals surface area contributed by atoms with Gasteiger partial charge >= 0.3 is 5.97 Å². The summed E-state index contributed by atoms with van der Waals surface area (Å²) in [6.07, 6.45) is 4.88. The molecule has 20 heavy (non-hydrogen) atoms. The number of nitrogens with one attached hydrogen (secondary N) is 1. The molecule has 1 saturated carbocycles. The third kappa shape index (κ3) is 2.99. The number of carbonyl (C=O) groups excluding carboxylic acids is 2. The summed E-state index contributed by atoms with van der Waals surface area (Å²) in [5.74, 6) is -0.985. The predicted octanol–water partition coefficient (Wildman–Crippen LogP) is 1.13. The Morgan fingerprint density at radius 2 is 2.20 bits per heavy atom. The molecule has 1 aromatic rings. The van der Waals surface area contributed by atoms with E-state index in [0.717, 1.165) is 12.8 Å². The fourth-order valence-corrected chi connectivity index (χ4v) is 2.42. The topological polar surface area (TPSA) is 84.1 Å². The van der Waals surface area contributed by atoms with Crippen LogP contribution in [0.3, 0.4) is 0 Å². The highest BCUT2D eigenvalue weighted by Gasteiger charge is 2.35. The molecule has 0 aromatic carbocycles. The fraction of sp³-hybridized carbons (Fsp3) is 0.500. The summed E-state index contributed by atoms with van der Waals surface area (Å²) < 4.78 is 6.57. The van der Waals surface area contributed by atoms with Gasteiger partial charge in [0.25, 0.3) is 5.91 Å². The Bertz CT molecular complexity index is 550. The van der Waals surface area contributed by atoms with Gasteiger partial charge in [-0.3, -0.25) is 4.79 Å². The zero-order valence-corrected chi connectivity index (χ0v) is 11.4. The zero-order chi connectivity index (χ0) is 14.6. The summed E-state index contributed by atoms with van der Waals surface area (Å²) in [7, 11) is 1.72. The van der Waals surface area contributed by atoms with Crippen molar-refractivity contribution in [1.29, 1.82) is 5.26 Å². The summed E-state index contributed by atoms with van der Waals surface area (Å²) >= 11 is 0. The predicted molar refractivity (Wildman–Crippen MR) is 70.7 cm³/mol. The number of esters is 1. The zero-order valence-electron chi connectivity index (χ0n) is 11.4. The van der Waals surface area contributed by atoms with Crippen LogP contribution in [0.2, 0.25) is 0 Å². The lowest BCUT2D eigenvalue weighted by molar-refractivity contribution is -0.125. The van der Waals surface area contributed by atoms with Crippen molar-refractivity contribution < 1.29 is 14.3 Å². The van der Waals surface area contributed by atoms with E-state index in [0.29, 0.717) is 18.5 Å². The van der Waals surface area contributed by atoms with Gasteiger partial charge < -0.3 is 14.6 Å². The Kier molecular flexibility index (Phi) is 4.08. The van der Waals surface area contributed by atoms with Gasteiger partial charge in [0.05, 0.1) is 6.07 Å². The molecule has 106 valence electrons. The quantitative estimate of drug-likeness (QED) is 0.835. The van der Waals surface area contributed by atoms with E-state index in [2.05, 4.69) is 11.4 Å². The van der Waals surface area contributed by atoms with Crippen molar-refractivity contribution in [2.75, 3.05) is 6.61 Å². The van der Waals surface area contributed by atoms with Gasteiger partial charge in [-0.25, -0.2) is 4.79 Å². The van der Waals surface area contributed by atoms with E-state index in [1.807, 2.05) is 0 Å². The van der Waals surface area contributed by atoms with Crippen molar-refractivity contribution in [3.05, 3.63) is 24.0 Å². The minimum atomic E-state index is -0.783. The van der Waals surface area contributed by atoms with E-state index in [9.17, 15) is 9.59 Å². The number of nitriles is 1. The first-order valence-electron chi connectivity index (χ1n) is 6.57. The second kappa shape index (κ2) is 5.78. The lowest BCUT2D eigenvalue weighted by Crippen LogP contribution is -2.46. The standard InChI is InChI=1S/C14H17N3O3/c1-17-8-4-5-11(17)13(19)20-9-12(18)16-14(10-15)6-2-3-7-14/h4-5,8H,2-3,6-7,9H2,1H3,(H,16,18). The largest absolute Gasteiger partial charge is 0.451 e. The number of carbonyl (C=O) groups is 2. The second-order valence-electron chi connectivity index (χ2n) is 5.03. The van der Waals surface area contributed by atoms with E-state index in [1.54, 1.807) is 29.9 Å². The molecule has 1 heterocycles. The van der Waals surface area contributed by atoms with Crippen molar-refractivity contribution in [2.45, 2.75) is 31.2 Å². The number of hydrogen-bond acceptors (Lipinski definition) is 4. The molecule has 1 aromatic heterocycles. The smallest absolute Gasteiger partial charge is 0.355 e. The molecule has 1 aliphatic carbocycles. The highest BCUT2D eigenvalue weighted by atomic mass is 16.5. The highest BCUT2D eigenvalue weighted by molar-refractivity contribution is 5.90. The third-order valence-electron chi connectivity index (χ3n) is 3.54. The van der Waals surface area contributed by atoms with Crippen molar-refractivity contribution in [2.24, 2.45) is 7.05 Å². The van der Waals surface area contributed by atoms with E-state index in [-0.39, 0.29) is 6.61 Å². The number of hydrogen-bond donors (Lipinski definition) is 1. The van der Waals surface area contributed by atoms with Crippen LogP contribution < -0.4 is 5.32 Å². The van der Waals surface area contributed by atoms with Gasteiger partial charge in [0, 0.05) is 13.2 Å². The van der Waals surface area contributed by atoms with Crippen molar-refractivity contribution in [3.8, 4) is 6.07 Å². The van der Waals surface area contributed by atoms with Crippen LogP contribution in [0.5, 0.6) is 0 Å². The van der Waals surface area contributed by atoms with Crippen LogP contribution in [0.1, 0.15) is 36.2 Å². The first-order chi connectivity index (χ1) is 9.56. The first kappa shape index (κ1) is 14.1. The molecule has 0 radical (unpaired) electrons. The van der Waals surface area contributed by atoms with Crippen molar-refractivity contribution in [1.82, 2.24) is 9.88 Å². The van der Waals surface area contributed by atoms with Gasteiger partial charge in [-0.2, -0.15) is 5.26 Å². The maximum Gasteiger partial charge on any atom is 0.355 e. The van der Waals surface area contributed by atoms with Crippen LogP contribution in [0.4, 0.5) is 0 Å². The van der Waals surface area contributed by atoms with Crippen molar-refractivity contribution >= 4 is 11.9 Å². The molecule has 0 saturated heterocycles. The number of amides is 1. The maximum atomic E-state index is 11.8. The third-order valence-corrected chi connectivity index (χ3v) is 3.54. The first-order valence-corrected chi connectivity index (χ1v) is 6.57. The van der Waals surface area contributed by atoms with Gasteiger partial charge in [-0.15, -0.1) is 0 Å². The highest BCUT2D eigenvalue weighted by Crippen LogP contribution is 2.28. The van der Waals surface area contributed by atoms with Crippen molar-refractivity contribution in [3.63, 3.8) is 0 Å². The summed E-state index contributed by atoms with van der Waals surface area (Å²) in [4.78, 5) is 23.5. The summed E-state index contributed by atoms with van der Waals surface area (Å²) in [6.45, 7) is -0.368. The van der Waals surface area contributed by atoms with Crippen LogP contribution in [-0.2, 0) is 16.6 Å². The summed E-state index contributed by atoms with van der Waals surface area (Å²) in [5, 5.41) is 11.8. The number of aromatic nitrogens is 1. The molecular formula is C14H17N3O3. The van der Waals surface area contributed by atoms with Crippen LogP contribution >= 0.6 is 0 Å². The minimum Gasteiger partial charge on any atom is -0.451 e. The molecule has 6 nitrogen and oxygen atoms in total. The van der Waals surface area contributed by atoms with E-state index < -0.39 is 17.4 Å². The summed E-state index contributed by atoms with van der Waals surface area (Å²) in [6, 6.07) is 5.50. The monoisotopic (exact) mass is 275 g/mol. The molecule has 0 aliphatic heterocycles. The molecule has 0 atom stereocenters. The Morgan fingerprint density at radius 3 is 2.75 bits per heavy atom.